The molecule has 0 saturated carbocycles. The van der Waals surface area contributed by atoms with Gasteiger partial charge in [-0.1, -0.05) is 49.4 Å². The van der Waals surface area contributed by atoms with Gasteiger partial charge in [0.2, 0.25) is 10.0 Å². The van der Waals surface area contributed by atoms with Gasteiger partial charge in [0.25, 0.3) is 5.91 Å². The Labute approximate surface area is 186 Å². The molecule has 5 nitrogen and oxygen atoms in total. The summed E-state index contributed by atoms with van der Waals surface area (Å²) in [7, 11) is -3.75. The molecular formula is C24H24F2N2O3S. The SMILES string of the molecule is C[C@@H](CNC(=O)c1ccc(CN(c2ccc(F)c(F)c2)S(C)(=O)=O)cc1)c1ccccc1. The predicted molar refractivity (Wildman–Crippen MR) is 121 cm³/mol. The molecule has 0 saturated heterocycles. The minimum Gasteiger partial charge on any atom is -0.351 e. The second-order valence-corrected chi connectivity index (χ2v) is 9.49. The van der Waals surface area contributed by atoms with Crippen LogP contribution in [0, 0.1) is 11.6 Å². The number of halogens is 2. The van der Waals surface area contributed by atoms with Gasteiger partial charge in [-0.05, 0) is 41.3 Å². The summed E-state index contributed by atoms with van der Waals surface area (Å²) < 4.78 is 52.3. The highest BCUT2D eigenvalue weighted by atomic mass is 32.2. The number of hydrogen-bond donors (Lipinski definition) is 1. The summed E-state index contributed by atoms with van der Waals surface area (Å²) in [5, 5.41) is 2.90. The first-order valence-electron chi connectivity index (χ1n) is 10.00. The van der Waals surface area contributed by atoms with Crippen molar-refractivity contribution >= 4 is 21.6 Å². The molecule has 3 aromatic rings. The van der Waals surface area contributed by atoms with Gasteiger partial charge in [-0.15, -0.1) is 0 Å². The zero-order valence-corrected chi connectivity index (χ0v) is 18.6. The van der Waals surface area contributed by atoms with Crippen molar-refractivity contribution in [1.29, 1.82) is 0 Å². The molecule has 0 bridgehead atoms. The molecule has 0 unspecified atom stereocenters. The van der Waals surface area contributed by atoms with Crippen molar-refractivity contribution in [2.45, 2.75) is 19.4 Å². The predicted octanol–water partition coefficient (Wildman–Crippen LogP) is 4.46. The second-order valence-electron chi connectivity index (χ2n) is 7.59. The van der Waals surface area contributed by atoms with Crippen LogP contribution in [0.3, 0.4) is 0 Å². The maximum atomic E-state index is 13.6. The van der Waals surface area contributed by atoms with Crippen molar-refractivity contribution in [3.8, 4) is 0 Å². The van der Waals surface area contributed by atoms with E-state index in [1.165, 1.54) is 6.07 Å². The molecule has 8 heteroatoms. The molecule has 0 fully saturated rings. The van der Waals surface area contributed by atoms with Crippen LogP contribution in [0.2, 0.25) is 0 Å². The molecule has 1 atom stereocenters. The maximum absolute atomic E-state index is 13.6. The standard InChI is InChI=1S/C24H24F2N2O3S/c1-17(19-6-4-3-5-7-19)15-27-24(29)20-10-8-18(9-11-20)16-28(32(2,30)31)21-12-13-22(25)23(26)14-21/h3-14,17H,15-16H2,1-2H3,(H,27,29)/t17-/m0/s1. The molecule has 0 spiro atoms. The lowest BCUT2D eigenvalue weighted by Crippen LogP contribution is -2.29. The molecule has 0 aliphatic rings. The number of nitrogens with zero attached hydrogens (tertiary/aromatic N) is 1. The quantitative estimate of drug-likeness (QED) is 0.542. The summed E-state index contributed by atoms with van der Waals surface area (Å²) in [6.45, 7) is 2.41. The summed E-state index contributed by atoms with van der Waals surface area (Å²) >= 11 is 0. The maximum Gasteiger partial charge on any atom is 0.251 e. The second kappa shape index (κ2) is 9.91. The fraction of sp³-hybridized carbons (Fsp3) is 0.208. The van der Waals surface area contributed by atoms with Crippen LogP contribution in [-0.4, -0.2) is 27.1 Å². The van der Waals surface area contributed by atoms with E-state index in [9.17, 15) is 22.0 Å². The third-order valence-corrected chi connectivity index (χ3v) is 6.21. The van der Waals surface area contributed by atoms with E-state index in [-0.39, 0.29) is 24.1 Å². The van der Waals surface area contributed by atoms with Gasteiger partial charge in [0.1, 0.15) is 0 Å². The van der Waals surface area contributed by atoms with Crippen molar-refractivity contribution < 1.29 is 22.0 Å². The van der Waals surface area contributed by atoms with E-state index >= 15 is 0 Å². The Bertz CT molecular complexity index is 1180. The van der Waals surface area contributed by atoms with Gasteiger partial charge < -0.3 is 5.32 Å². The van der Waals surface area contributed by atoms with Crippen LogP contribution in [0.5, 0.6) is 0 Å². The molecular weight excluding hydrogens is 434 g/mol. The number of sulfonamides is 1. The van der Waals surface area contributed by atoms with Crippen LogP contribution in [-0.2, 0) is 16.6 Å². The fourth-order valence-corrected chi connectivity index (χ4v) is 4.09. The third-order valence-electron chi connectivity index (χ3n) is 5.07. The number of carbonyl (C=O) groups is 1. The first-order chi connectivity index (χ1) is 15.1. The van der Waals surface area contributed by atoms with Crippen LogP contribution < -0.4 is 9.62 Å². The van der Waals surface area contributed by atoms with Gasteiger partial charge in [-0.25, -0.2) is 17.2 Å². The minimum atomic E-state index is -3.75. The Morgan fingerprint density at radius 1 is 0.969 bits per heavy atom. The number of anilines is 1. The van der Waals surface area contributed by atoms with Crippen molar-refractivity contribution in [1.82, 2.24) is 5.32 Å². The first kappa shape index (κ1) is 23.4. The van der Waals surface area contributed by atoms with E-state index in [1.807, 2.05) is 37.3 Å². The molecule has 0 aliphatic carbocycles. The summed E-state index contributed by atoms with van der Waals surface area (Å²) in [4.78, 5) is 12.5. The molecule has 0 aliphatic heterocycles. The summed E-state index contributed by atoms with van der Waals surface area (Å²) in [6, 6.07) is 19.2. The molecule has 168 valence electrons. The normalized spacial score (nSPS) is 12.2. The Balaban J connectivity index is 1.68. The summed E-state index contributed by atoms with van der Waals surface area (Å²) in [5.41, 5.74) is 2.17. The largest absolute Gasteiger partial charge is 0.351 e. The van der Waals surface area contributed by atoms with Gasteiger partial charge in [0.15, 0.2) is 11.6 Å². The number of carbonyl (C=O) groups excluding carboxylic acids is 1. The van der Waals surface area contributed by atoms with Crippen molar-refractivity contribution in [2.75, 3.05) is 17.1 Å². The molecule has 3 aromatic carbocycles. The number of benzene rings is 3. The average Bonchev–Trinajstić information content (AvgIpc) is 2.78. The van der Waals surface area contributed by atoms with Crippen molar-refractivity contribution in [3.05, 3.63) is 101 Å². The van der Waals surface area contributed by atoms with E-state index in [1.54, 1.807) is 24.3 Å². The fourth-order valence-electron chi connectivity index (χ4n) is 3.21. The Morgan fingerprint density at radius 3 is 2.22 bits per heavy atom. The van der Waals surface area contributed by atoms with E-state index < -0.39 is 21.7 Å². The Kier molecular flexibility index (Phi) is 7.25. The molecule has 1 N–H and O–H groups in total. The van der Waals surface area contributed by atoms with Gasteiger partial charge >= 0.3 is 0 Å². The zero-order chi connectivity index (χ0) is 23.3. The van der Waals surface area contributed by atoms with Crippen LogP contribution in [0.25, 0.3) is 0 Å². The lowest BCUT2D eigenvalue weighted by Gasteiger charge is -2.22. The number of amides is 1. The van der Waals surface area contributed by atoms with Crippen molar-refractivity contribution in [2.24, 2.45) is 0 Å². The van der Waals surface area contributed by atoms with Crippen molar-refractivity contribution in [3.63, 3.8) is 0 Å². The number of hydrogen-bond acceptors (Lipinski definition) is 3. The molecule has 0 radical (unpaired) electrons. The van der Waals surface area contributed by atoms with E-state index in [4.69, 9.17) is 0 Å². The first-order valence-corrected chi connectivity index (χ1v) is 11.8. The molecule has 1 amide bonds. The summed E-state index contributed by atoms with van der Waals surface area (Å²) in [6.07, 6.45) is 0.990. The van der Waals surface area contributed by atoms with Gasteiger partial charge in [-0.2, -0.15) is 0 Å². The number of nitrogens with one attached hydrogen (secondary N) is 1. The average molecular weight is 459 g/mol. The van der Waals surface area contributed by atoms with E-state index in [0.717, 1.165) is 28.3 Å². The highest BCUT2D eigenvalue weighted by Gasteiger charge is 2.20. The molecule has 32 heavy (non-hydrogen) atoms. The van der Waals surface area contributed by atoms with Gasteiger partial charge in [0, 0.05) is 18.2 Å². The molecule has 0 heterocycles. The molecule has 0 aromatic heterocycles. The van der Waals surface area contributed by atoms with Crippen LogP contribution in [0.4, 0.5) is 14.5 Å². The Hall–Kier alpha value is -3.26. The van der Waals surface area contributed by atoms with Gasteiger partial charge in [0.05, 0.1) is 18.5 Å². The van der Waals surface area contributed by atoms with E-state index in [0.29, 0.717) is 17.7 Å². The highest BCUT2D eigenvalue weighted by Crippen LogP contribution is 2.23. The lowest BCUT2D eigenvalue weighted by atomic mass is 10.0. The van der Waals surface area contributed by atoms with Gasteiger partial charge in [-0.3, -0.25) is 9.10 Å². The van der Waals surface area contributed by atoms with E-state index in [2.05, 4.69) is 5.32 Å². The topological polar surface area (TPSA) is 66.5 Å². The smallest absolute Gasteiger partial charge is 0.251 e. The minimum absolute atomic E-state index is 0.0168. The van der Waals surface area contributed by atoms with Crippen LogP contribution in [0.1, 0.15) is 34.3 Å². The zero-order valence-electron chi connectivity index (χ0n) is 17.8. The third kappa shape index (κ3) is 5.91. The highest BCUT2D eigenvalue weighted by molar-refractivity contribution is 7.92. The number of rotatable bonds is 8. The monoisotopic (exact) mass is 458 g/mol. The summed E-state index contributed by atoms with van der Waals surface area (Å²) in [5.74, 6) is -2.27. The molecule has 3 rings (SSSR count). The van der Waals surface area contributed by atoms with Crippen LogP contribution in [0.15, 0.2) is 72.8 Å². The van der Waals surface area contributed by atoms with Crippen LogP contribution >= 0.6 is 0 Å². The Morgan fingerprint density at radius 2 is 1.62 bits per heavy atom. The lowest BCUT2D eigenvalue weighted by molar-refractivity contribution is 0.0951.